The molecule has 3 aromatic rings. The van der Waals surface area contributed by atoms with Crippen molar-refractivity contribution in [2.45, 2.75) is 39.0 Å². The molecule has 0 fully saturated rings. The molecule has 1 aromatic heterocycles. The third-order valence-corrected chi connectivity index (χ3v) is 6.09. The van der Waals surface area contributed by atoms with Crippen LogP contribution in [0.2, 0.25) is 0 Å². The lowest BCUT2D eigenvalue weighted by Gasteiger charge is -2.17. The van der Waals surface area contributed by atoms with Crippen molar-refractivity contribution in [3.63, 3.8) is 0 Å². The standard InChI is InChI=1S/C21H22FNO6S/c1-11(2)28-18-9-15-17(10-16(18)23-30(26,27)12(3)4)29-20(19(15)21(24)25)13-5-7-14(22)8-6-13/h5-12,23H,1-4H3,(H,24,25). The number of nitrogens with one attached hydrogen (secondary N) is 1. The molecule has 2 aromatic carbocycles. The van der Waals surface area contributed by atoms with Crippen molar-refractivity contribution in [1.82, 2.24) is 0 Å². The summed E-state index contributed by atoms with van der Waals surface area (Å²) in [5, 5.41) is 9.33. The lowest BCUT2D eigenvalue weighted by molar-refractivity contribution is 0.0699. The number of benzene rings is 2. The van der Waals surface area contributed by atoms with Crippen molar-refractivity contribution < 1.29 is 31.9 Å². The molecule has 30 heavy (non-hydrogen) atoms. The summed E-state index contributed by atoms with van der Waals surface area (Å²) in [5.41, 5.74) is 0.551. The average molecular weight is 435 g/mol. The van der Waals surface area contributed by atoms with Crippen LogP contribution in [0.1, 0.15) is 38.1 Å². The predicted molar refractivity (Wildman–Crippen MR) is 112 cm³/mol. The largest absolute Gasteiger partial charge is 0.489 e. The van der Waals surface area contributed by atoms with Crippen LogP contribution in [0.3, 0.4) is 0 Å². The van der Waals surface area contributed by atoms with Crippen LogP contribution in [0.15, 0.2) is 40.8 Å². The molecule has 0 amide bonds. The van der Waals surface area contributed by atoms with E-state index in [9.17, 15) is 22.7 Å². The molecule has 0 bridgehead atoms. The smallest absolute Gasteiger partial charge is 0.340 e. The summed E-state index contributed by atoms with van der Waals surface area (Å²) in [6, 6.07) is 8.05. The molecule has 0 spiro atoms. The molecule has 0 radical (unpaired) electrons. The summed E-state index contributed by atoms with van der Waals surface area (Å²) in [4.78, 5) is 12.0. The van der Waals surface area contributed by atoms with Gasteiger partial charge in [-0.2, -0.15) is 0 Å². The maximum absolute atomic E-state index is 13.3. The topological polar surface area (TPSA) is 106 Å². The second-order valence-electron chi connectivity index (χ2n) is 7.33. The highest BCUT2D eigenvalue weighted by Crippen LogP contribution is 2.40. The van der Waals surface area contributed by atoms with Crippen LogP contribution in [0.4, 0.5) is 10.1 Å². The Bertz CT molecular complexity index is 1200. The highest BCUT2D eigenvalue weighted by molar-refractivity contribution is 7.93. The Hall–Kier alpha value is -3.07. The summed E-state index contributed by atoms with van der Waals surface area (Å²) >= 11 is 0. The van der Waals surface area contributed by atoms with Crippen LogP contribution in [-0.4, -0.2) is 30.8 Å². The Labute approximate surface area is 173 Å². The number of carbonyl (C=O) groups is 1. The fraction of sp³-hybridized carbons (Fsp3) is 0.286. The van der Waals surface area contributed by atoms with Gasteiger partial charge in [-0.1, -0.05) is 0 Å². The van der Waals surface area contributed by atoms with Gasteiger partial charge in [0.1, 0.15) is 28.5 Å². The molecule has 9 heteroatoms. The molecule has 0 aliphatic heterocycles. The SMILES string of the molecule is CC(C)Oc1cc2c(C(=O)O)c(-c3ccc(F)cc3)oc2cc1NS(=O)(=O)C(C)C. The van der Waals surface area contributed by atoms with Crippen LogP contribution < -0.4 is 9.46 Å². The molecule has 0 atom stereocenters. The maximum atomic E-state index is 13.3. The van der Waals surface area contributed by atoms with Gasteiger partial charge < -0.3 is 14.3 Å². The van der Waals surface area contributed by atoms with E-state index in [2.05, 4.69) is 4.72 Å². The zero-order chi connectivity index (χ0) is 22.2. The Kier molecular flexibility index (Phi) is 5.76. The number of anilines is 1. The van der Waals surface area contributed by atoms with E-state index in [1.165, 1.54) is 50.2 Å². The van der Waals surface area contributed by atoms with E-state index in [-0.39, 0.29) is 39.8 Å². The highest BCUT2D eigenvalue weighted by atomic mass is 32.2. The second kappa shape index (κ2) is 7.98. The van der Waals surface area contributed by atoms with E-state index in [1.54, 1.807) is 13.8 Å². The molecule has 0 saturated carbocycles. The average Bonchev–Trinajstić information content (AvgIpc) is 3.00. The minimum atomic E-state index is -3.68. The molecule has 0 aliphatic carbocycles. The summed E-state index contributed by atoms with van der Waals surface area (Å²) in [6.07, 6.45) is -0.290. The molecule has 7 nitrogen and oxygen atoms in total. The van der Waals surface area contributed by atoms with Gasteiger partial charge in [-0.25, -0.2) is 17.6 Å². The van der Waals surface area contributed by atoms with Crippen molar-refractivity contribution in [2.75, 3.05) is 4.72 Å². The molecule has 160 valence electrons. The fourth-order valence-electron chi connectivity index (χ4n) is 2.84. The van der Waals surface area contributed by atoms with E-state index < -0.39 is 27.1 Å². The first-order valence-electron chi connectivity index (χ1n) is 9.27. The number of furan rings is 1. The molecular formula is C21H22FNO6S. The third-order valence-electron chi connectivity index (χ3n) is 4.35. The minimum Gasteiger partial charge on any atom is -0.489 e. The van der Waals surface area contributed by atoms with E-state index in [0.29, 0.717) is 5.56 Å². The van der Waals surface area contributed by atoms with Crippen molar-refractivity contribution in [3.05, 3.63) is 47.8 Å². The van der Waals surface area contributed by atoms with Gasteiger partial charge >= 0.3 is 5.97 Å². The third kappa shape index (κ3) is 4.25. The van der Waals surface area contributed by atoms with Crippen LogP contribution in [-0.2, 0) is 10.0 Å². The fourth-order valence-corrected chi connectivity index (χ4v) is 3.54. The highest BCUT2D eigenvalue weighted by Gasteiger charge is 2.25. The molecule has 2 N–H and O–H groups in total. The van der Waals surface area contributed by atoms with Crippen molar-refractivity contribution in [2.24, 2.45) is 0 Å². The summed E-state index contributed by atoms with van der Waals surface area (Å²) in [7, 11) is -3.68. The van der Waals surface area contributed by atoms with E-state index in [1.807, 2.05) is 0 Å². The number of halogens is 1. The number of sulfonamides is 1. The minimum absolute atomic E-state index is 0.0388. The number of hydrogen-bond donors (Lipinski definition) is 2. The number of hydrogen-bond acceptors (Lipinski definition) is 5. The number of ether oxygens (including phenoxy) is 1. The van der Waals surface area contributed by atoms with Gasteiger partial charge in [0, 0.05) is 17.0 Å². The lowest BCUT2D eigenvalue weighted by Crippen LogP contribution is -2.23. The van der Waals surface area contributed by atoms with Crippen LogP contribution in [0.25, 0.3) is 22.3 Å². The molecule has 1 heterocycles. The van der Waals surface area contributed by atoms with Gasteiger partial charge in [0.2, 0.25) is 10.0 Å². The first kappa shape index (κ1) is 21.6. The Morgan fingerprint density at radius 2 is 1.77 bits per heavy atom. The van der Waals surface area contributed by atoms with E-state index >= 15 is 0 Å². The number of aromatic carboxylic acids is 1. The van der Waals surface area contributed by atoms with Crippen molar-refractivity contribution in [3.8, 4) is 17.1 Å². The molecule has 0 unspecified atom stereocenters. The molecule has 3 rings (SSSR count). The second-order valence-corrected chi connectivity index (χ2v) is 9.56. The zero-order valence-electron chi connectivity index (χ0n) is 16.9. The summed E-state index contributed by atoms with van der Waals surface area (Å²) in [6.45, 7) is 6.60. The zero-order valence-corrected chi connectivity index (χ0v) is 17.7. The van der Waals surface area contributed by atoms with Crippen molar-refractivity contribution in [1.29, 1.82) is 0 Å². The number of carboxylic acids is 1. The number of fused-ring (bicyclic) bond motifs is 1. The lowest BCUT2D eigenvalue weighted by atomic mass is 10.0. The molecular weight excluding hydrogens is 413 g/mol. The van der Waals surface area contributed by atoms with Gasteiger partial charge in [-0.15, -0.1) is 0 Å². The van der Waals surface area contributed by atoms with Gasteiger partial charge in [0.15, 0.2) is 0 Å². The van der Waals surface area contributed by atoms with E-state index in [0.717, 1.165) is 0 Å². The monoisotopic (exact) mass is 435 g/mol. The van der Waals surface area contributed by atoms with Crippen molar-refractivity contribution >= 4 is 32.6 Å². The summed E-state index contributed by atoms with van der Waals surface area (Å²) in [5.74, 6) is -1.49. The van der Waals surface area contributed by atoms with E-state index in [4.69, 9.17) is 9.15 Å². The quantitative estimate of drug-likeness (QED) is 0.548. The van der Waals surface area contributed by atoms with Gasteiger partial charge in [0.05, 0.1) is 17.0 Å². The Balaban J connectivity index is 2.26. The normalized spacial score (nSPS) is 12.0. The predicted octanol–water partition coefficient (Wildman–Crippen LogP) is 4.87. The van der Waals surface area contributed by atoms with Crippen LogP contribution >= 0.6 is 0 Å². The van der Waals surface area contributed by atoms with Gasteiger partial charge in [0.25, 0.3) is 0 Å². The van der Waals surface area contributed by atoms with Gasteiger partial charge in [-0.05, 0) is 58.0 Å². The van der Waals surface area contributed by atoms with Crippen LogP contribution in [0.5, 0.6) is 5.75 Å². The van der Waals surface area contributed by atoms with Gasteiger partial charge in [-0.3, -0.25) is 4.72 Å². The maximum Gasteiger partial charge on any atom is 0.340 e. The molecule has 0 saturated heterocycles. The Morgan fingerprint density at radius 3 is 2.30 bits per heavy atom. The first-order chi connectivity index (χ1) is 14.0. The Morgan fingerprint density at radius 1 is 1.13 bits per heavy atom. The number of carboxylic acid groups (broad SMARTS) is 1. The first-order valence-corrected chi connectivity index (χ1v) is 10.8. The molecule has 0 aliphatic rings. The summed E-state index contributed by atoms with van der Waals surface area (Å²) < 4.78 is 52.0. The number of rotatable bonds is 7. The van der Waals surface area contributed by atoms with Crippen LogP contribution in [0, 0.1) is 5.82 Å².